The van der Waals surface area contributed by atoms with E-state index < -0.39 is 0 Å². The third-order valence-electron chi connectivity index (χ3n) is 4.99. The van der Waals surface area contributed by atoms with E-state index in [1.54, 1.807) is 0 Å². The summed E-state index contributed by atoms with van der Waals surface area (Å²) in [7, 11) is 0. The minimum absolute atomic E-state index is 0. The number of halogens is 1. The first-order valence-corrected chi connectivity index (χ1v) is 8.93. The molecule has 4 heteroatoms. The van der Waals surface area contributed by atoms with Crippen LogP contribution in [0.5, 0.6) is 0 Å². The Hall–Kier alpha value is -0.780. The zero-order chi connectivity index (χ0) is 15.3. The van der Waals surface area contributed by atoms with Crippen LogP contribution >= 0.6 is 24.0 Å². The third kappa shape index (κ3) is 4.85. The summed E-state index contributed by atoms with van der Waals surface area (Å²) in [4.78, 5) is 7.46. The molecule has 0 spiro atoms. The zero-order valence-electron chi connectivity index (χ0n) is 14.3. The fraction of sp³-hybridized carbons (Fsp3) is 0.632. The number of hydrogen-bond acceptors (Lipinski definition) is 1. The van der Waals surface area contributed by atoms with Gasteiger partial charge in [0.05, 0.1) is 6.54 Å². The van der Waals surface area contributed by atoms with Crippen molar-refractivity contribution in [3.63, 3.8) is 0 Å². The van der Waals surface area contributed by atoms with E-state index in [4.69, 9.17) is 4.99 Å². The van der Waals surface area contributed by atoms with E-state index in [9.17, 15) is 0 Å². The highest BCUT2D eigenvalue weighted by molar-refractivity contribution is 14.0. The lowest BCUT2D eigenvalue weighted by Gasteiger charge is -2.23. The summed E-state index contributed by atoms with van der Waals surface area (Å²) in [6.07, 6.45) is 7.62. The molecule has 2 fully saturated rings. The van der Waals surface area contributed by atoms with Crippen molar-refractivity contribution in [2.75, 3.05) is 26.2 Å². The molecule has 2 aliphatic rings. The van der Waals surface area contributed by atoms with E-state index in [-0.39, 0.29) is 24.0 Å². The lowest BCUT2D eigenvalue weighted by molar-refractivity contribution is 0.487. The largest absolute Gasteiger partial charge is 0.356 e. The monoisotopic (exact) mass is 427 g/mol. The second-order valence-electron chi connectivity index (χ2n) is 6.76. The van der Waals surface area contributed by atoms with E-state index in [0.717, 1.165) is 32.1 Å². The molecule has 1 N–H and O–H groups in total. The SMILES string of the molecule is CCCCNC(=NCC1(c2ccccc2)CC1)N1CCCC1.I. The van der Waals surface area contributed by atoms with Crippen molar-refractivity contribution in [1.82, 2.24) is 10.2 Å². The van der Waals surface area contributed by atoms with Crippen LogP contribution in [-0.4, -0.2) is 37.0 Å². The molecule has 1 saturated heterocycles. The Balaban J connectivity index is 0.00000192. The number of rotatable bonds is 6. The summed E-state index contributed by atoms with van der Waals surface area (Å²) in [6.45, 7) is 6.54. The first-order chi connectivity index (χ1) is 10.8. The molecule has 1 aliphatic heterocycles. The highest BCUT2D eigenvalue weighted by atomic mass is 127. The lowest BCUT2D eigenvalue weighted by Crippen LogP contribution is -2.40. The van der Waals surface area contributed by atoms with E-state index in [0.29, 0.717) is 5.41 Å². The van der Waals surface area contributed by atoms with Gasteiger partial charge < -0.3 is 10.2 Å². The van der Waals surface area contributed by atoms with Gasteiger partial charge in [0.15, 0.2) is 5.96 Å². The summed E-state index contributed by atoms with van der Waals surface area (Å²) in [5.41, 5.74) is 1.78. The van der Waals surface area contributed by atoms with Crippen molar-refractivity contribution in [3.8, 4) is 0 Å². The van der Waals surface area contributed by atoms with Gasteiger partial charge in [-0.05, 0) is 37.7 Å². The molecule has 1 aromatic rings. The number of guanidine groups is 1. The number of aliphatic imine (C=N–C) groups is 1. The molecule has 0 radical (unpaired) electrons. The van der Waals surface area contributed by atoms with Crippen LogP contribution in [0.3, 0.4) is 0 Å². The van der Waals surface area contributed by atoms with E-state index >= 15 is 0 Å². The normalized spacial score (nSPS) is 19.3. The average Bonchev–Trinajstić information content (AvgIpc) is 3.16. The maximum atomic E-state index is 5.02. The number of nitrogens with one attached hydrogen (secondary N) is 1. The van der Waals surface area contributed by atoms with Gasteiger partial charge in [-0.15, -0.1) is 24.0 Å². The van der Waals surface area contributed by atoms with Gasteiger partial charge in [0.25, 0.3) is 0 Å². The Morgan fingerprint density at radius 2 is 1.87 bits per heavy atom. The minimum Gasteiger partial charge on any atom is -0.356 e. The number of hydrogen-bond donors (Lipinski definition) is 1. The summed E-state index contributed by atoms with van der Waals surface area (Å²) in [5, 5.41) is 3.59. The maximum absolute atomic E-state index is 5.02. The molecule has 0 aromatic heterocycles. The van der Waals surface area contributed by atoms with Crippen LogP contribution in [0, 0.1) is 0 Å². The van der Waals surface area contributed by atoms with Gasteiger partial charge >= 0.3 is 0 Å². The summed E-state index contributed by atoms with van der Waals surface area (Å²) in [5.74, 6) is 1.15. The van der Waals surface area contributed by atoms with Crippen LogP contribution in [0.2, 0.25) is 0 Å². The average molecular weight is 427 g/mol. The first-order valence-electron chi connectivity index (χ1n) is 8.93. The van der Waals surface area contributed by atoms with Crippen molar-refractivity contribution in [2.45, 2.75) is 50.9 Å². The Labute approximate surface area is 158 Å². The molecule has 1 aromatic carbocycles. The minimum atomic E-state index is 0. The van der Waals surface area contributed by atoms with Crippen molar-refractivity contribution in [2.24, 2.45) is 4.99 Å². The number of unbranched alkanes of at least 4 members (excludes halogenated alkanes) is 1. The highest BCUT2D eigenvalue weighted by Gasteiger charge is 2.44. The van der Waals surface area contributed by atoms with Gasteiger partial charge in [0.1, 0.15) is 0 Å². The zero-order valence-corrected chi connectivity index (χ0v) is 16.6. The van der Waals surface area contributed by atoms with E-state index in [1.165, 1.54) is 44.1 Å². The van der Waals surface area contributed by atoms with Crippen molar-refractivity contribution < 1.29 is 0 Å². The van der Waals surface area contributed by atoms with E-state index in [2.05, 4.69) is 47.5 Å². The van der Waals surface area contributed by atoms with Crippen LogP contribution in [0.15, 0.2) is 35.3 Å². The molecule has 0 atom stereocenters. The van der Waals surface area contributed by atoms with Crippen LogP contribution in [0.25, 0.3) is 0 Å². The maximum Gasteiger partial charge on any atom is 0.193 e. The van der Waals surface area contributed by atoms with Crippen LogP contribution in [0.4, 0.5) is 0 Å². The van der Waals surface area contributed by atoms with Crippen molar-refractivity contribution >= 4 is 29.9 Å². The molecule has 0 bridgehead atoms. The molecule has 0 amide bonds. The molecule has 3 nitrogen and oxygen atoms in total. The summed E-state index contributed by atoms with van der Waals surface area (Å²) < 4.78 is 0. The lowest BCUT2D eigenvalue weighted by atomic mass is 9.96. The molecule has 3 rings (SSSR count). The van der Waals surface area contributed by atoms with Gasteiger partial charge in [0, 0.05) is 25.0 Å². The molecule has 0 unspecified atom stereocenters. The van der Waals surface area contributed by atoms with E-state index in [1.807, 2.05) is 0 Å². The predicted octanol–water partition coefficient (Wildman–Crippen LogP) is 4.18. The van der Waals surface area contributed by atoms with Crippen molar-refractivity contribution in [3.05, 3.63) is 35.9 Å². The van der Waals surface area contributed by atoms with Gasteiger partial charge in [-0.1, -0.05) is 43.7 Å². The molecule has 1 aliphatic carbocycles. The Morgan fingerprint density at radius 3 is 2.48 bits per heavy atom. The first kappa shape index (κ1) is 18.6. The van der Waals surface area contributed by atoms with Crippen LogP contribution in [0.1, 0.15) is 51.0 Å². The third-order valence-corrected chi connectivity index (χ3v) is 4.99. The molecule has 1 saturated carbocycles. The quantitative estimate of drug-likeness (QED) is 0.319. The smallest absolute Gasteiger partial charge is 0.193 e. The molecule has 128 valence electrons. The van der Waals surface area contributed by atoms with Gasteiger partial charge in [-0.3, -0.25) is 4.99 Å². The summed E-state index contributed by atoms with van der Waals surface area (Å²) >= 11 is 0. The predicted molar refractivity (Wildman–Crippen MR) is 109 cm³/mol. The summed E-state index contributed by atoms with van der Waals surface area (Å²) in [6, 6.07) is 10.9. The number of nitrogens with zero attached hydrogens (tertiary/aromatic N) is 2. The fourth-order valence-corrected chi connectivity index (χ4v) is 3.28. The molecule has 1 heterocycles. The van der Waals surface area contributed by atoms with Gasteiger partial charge in [0.2, 0.25) is 0 Å². The highest BCUT2D eigenvalue weighted by Crippen LogP contribution is 2.48. The fourth-order valence-electron chi connectivity index (χ4n) is 3.28. The van der Waals surface area contributed by atoms with Gasteiger partial charge in [-0.2, -0.15) is 0 Å². The van der Waals surface area contributed by atoms with Crippen LogP contribution in [-0.2, 0) is 5.41 Å². The Bertz CT molecular complexity index is 491. The number of benzene rings is 1. The molecule has 23 heavy (non-hydrogen) atoms. The Kier molecular flexibility index (Phi) is 7.18. The topological polar surface area (TPSA) is 27.6 Å². The Morgan fingerprint density at radius 1 is 1.17 bits per heavy atom. The second-order valence-corrected chi connectivity index (χ2v) is 6.76. The van der Waals surface area contributed by atoms with Crippen LogP contribution < -0.4 is 5.32 Å². The van der Waals surface area contributed by atoms with Crippen molar-refractivity contribution in [1.29, 1.82) is 0 Å². The molecular formula is C19H30IN3. The second kappa shape index (κ2) is 8.90. The number of likely N-dealkylation sites (tertiary alicyclic amines) is 1. The van der Waals surface area contributed by atoms with Gasteiger partial charge in [-0.25, -0.2) is 0 Å². The molecular weight excluding hydrogens is 397 g/mol. The standard InChI is InChI=1S/C19H29N3.HI/c1-2-3-13-20-18(22-14-7-8-15-22)21-16-19(11-12-19)17-9-5-4-6-10-17;/h4-6,9-10H,2-3,7-8,11-16H2,1H3,(H,20,21);1H.